The summed E-state index contributed by atoms with van der Waals surface area (Å²) in [4.78, 5) is 5.40. The summed E-state index contributed by atoms with van der Waals surface area (Å²) in [6.45, 7) is 12.3. The van der Waals surface area contributed by atoms with E-state index in [4.69, 9.17) is 0 Å². The van der Waals surface area contributed by atoms with E-state index in [1.165, 1.54) is 58.4 Å². The average Bonchev–Trinajstić information content (AvgIpc) is 3.23. The van der Waals surface area contributed by atoms with Gasteiger partial charge in [0.2, 0.25) is 0 Å². The molecule has 0 atom stereocenters. The van der Waals surface area contributed by atoms with E-state index in [1.807, 2.05) is 0 Å². The van der Waals surface area contributed by atoms with Crippen LogP contribution in [0.4, 0.5) is 0 Å². The molecule has 1 aliphatic carbocycles. The zero-order valence-electron chi connectivity index (χ0n) is 12.5. The molecule has 2 aliphatic rings. The van der Waals surface area contributed by atoms with Gasteiger partial charge in [-0.1, -0.05) is 13.8 Å². The third-order valence-corrected chi connectivity index (χ3v) is 5.08. The highest BCUT2D eigenvalue weighted by Crippen LogP contribution is 2.30. The van der Waals surface area contributed by atoms with Crippen molar-refractivity contribution in [2.24, 2.45) is 5.41 Å². The number of rotatable bonds is 7. The van der Waals surface area contributed by atoms with Crippen molar-refractivity contribution in [3.63, 3.8) is 0 Å². The highest BCUT2D eigenvalue weighted by Gasteiger charge is 2.33. The van der Waals surface area contributed by atoms with Gasteiger partial charge in [-0.05, 0) is 38.1 Å². The molecule has 0 amide bonds. The van der Waals surface area contributed by atoms with Crippen LogP contribution < -0.4 is 5.32 Å². The summed E-state index contributed by atoms with van der Waals surface area (Å²) in [5, 5.41) is 3.40. The second-order valence-corrected chi connectivity index (χ2v) is 6.28. The van der Waals surface area contributed by atoms with Crippen LogP contribution in [0.2, 0.25) is 0 Å². The van der Waals surface area contributed by atoms with Crippen molar-refractivity contribution in [2.45, 2.75) is 45.6 Å². The Morgan fingerprint density at radius 1 is 1.06 bits per heavy atom. The zero-order valence-corrected chi connectivity index (χ0v) is 12.5. The predicted octanol–water partition coefficient (Wildman–Crippen LogP) is 1.79. The van der Waals surface area contributed by atoms with E-state index in [0.717, 1.165) is 12.6 Å². The van der Waals surface area contributed by atoms with Gasteiger partial charge in [-0.25, -0.2) is 0 Å². The highest BCUT2D eigenvalue weighted by molar-refractivity contribution is 4.89. The molecule has 2 rings (SSSR count). The lowest BCUT2D eigenvalue weighted by atomic mass is 9.81. The Labute approximate surface area is 113 Å². The SMILES string of the molecule is CCC(CC)(CNC)CN1CCN(C2CC2)CC1. The topological polar surface area (TPSA) is 18.5 Å². The summed E-state index contributed by atoms with van der Waals surface area (Å²) >= 11 is 0. The lowest BCUT2D eigenvalue weighted by Gasteiger charge is -2.41. The first-order valence-corrected chi connectivity index (χ1v) is 7.84. The van der Waals surface area contributed by atoms with Crippen LogP contribution in [0.25, 0.3) is 0 Å². The molecule has 0 spiro atoms. The van der Waals surface area contributed by atoms with Crippen molar-refractivity contribution in [1.29, 1.82) is 0 Å². The lowest BCUT2D eigenvalue weighted by Crippen LogP contribution is -2.51. The summed E-state index contributed by atoms with van der Waals surface area (Å²) in [7, 11) is 2.09. The number of nitrogens with zero attached hydrogens (tertiary/aromatic N) is 2. The molecule has 0 aromatic rings. The van der Waals surface area contributed by atoms with E-state index < -0.39 is 0 Å². The minimum absolute atomic E-state index is 0.483. The molecule has 1 aliphatic heterocycles. The van der Waals surface area contributed by atoms with E-state index in [1.54, 1.807) is 0 Å². The van der Waals surface area contributed by atoms with Crippen molar-refractivity contribution < 1.29 is 0 Å². The van der Waals surface area contributed by atoms with Crippen LogP contribution in [0.5, 0.6) is 0 Å². The minimum atomic E-state index is 0.483. The summed E-state index contributed by atoms with van der Waals surface area (Å²) < 4.78 is 0. The zero-order chi connectivity index (χ0) is 13.0. The fourth-order valence-electron chi connectivity index (χ4n) is 3.36. The molecule has 3 nitrogen and oxygen atoms in total. The van der Waals surface area contributed by atoms with Crippen molar-refractivity contribution in [3.05, 3.63) is 0 Å². The molecule has 0 bridgehead atoms. The van der Waals surface area contributed by atoms with Crippen LogP contribution in [0.1, 0.15) is 39.5 Å². The summed E-state index contributed by atoms with van der Waals surface area (Å²) in [6, 6.07) is 0.951. The van der Waals surface area contributed by atoms with E-state index >= 15 is 0 Å². The largest absolute Gasteiger partial charge is 0.319 e. The minimum Gasteiger partial charge on any atom is -0.319 e. The Bertz CT molecular complexity index is 238. The molecule has 0 unspecified atom stereocenters. The maximum Gasteiger partial charge on any atom is 0.0113 e. The molecule has 106 valence electrons. The van der Waals surface area contributed by atoms with Crippen LogP contribution in [-0.2, 0) is 0 Å². The van der Waals surface area contributed by atoms with Crippen LogP contribution in [0.3, 0.4) is 0 Å². The summed E-state index contributed by atoms with van der Waals surface area (Å²) in [5.41, 5.74) is 0.483. The van der Waals surface area contributed by atoms with Gasteiger partial charge in [-0.2, -0.15) is 0 Å². The van der Waals surface area contributed by atoms with Gasteiger partial charge in [0.15, 0.2) is 0 Å². The first kappa shape index (κ1) is 14.3. The first-order valence-electron chi connectivity index (χ1n) is 7.84. The van der Waals surface area contributed by atoms with Crippen molar-refractivity contribution in [2.75, 3.05) is 46.3 Å². The third-order valence-electron chi connectivity index (χ3n) is 5.08. The lowest BCUT2D eigenvalue weighted by molar-refractivity contribution is 0.0760. The molecule has 2 fully saturated rings. The maximum absolute atomic E-state index is 3.40. The predicted molar refractivity (Wildman–Crippen MR) is 78.0 cm³/mol. The normalized spacial score (nSPS) is 23.5. The third kappa shape index (κ3) is 3.46. The molecule has 1 saturated carbocycles. The summed E-state index contributed by atoms with van der Waals surface area (Å²) in [5.74, 6) is 0. The molecule has 0 radical (unpaired) electrons. The van der Waals surface area contributed by atoms with Gasteiger partial charge < -0.3 is 10.2 Å². The van der Waals surface area contributed by atoms with Gasteiger partial charge >= 0.3 is 0 Å². The first-order chi connectivity index (χ1) is 8.73. The van der Waals surface area contributed by atoms with Crippen molar-refractivity contribution >= 4 is 0 Å². The quantitative estimate of drug-likeness (QED) is 0.746. The molecular weight excluding hydrogens is 222 g/mol. The van der Waals surface area contributed by atoms with Crippen LogP contribution >= 0.6 is 0 Å². The number of nitrogens with one attached hydrogen (secondary N) is 1. The average molecular weight is 253 g/mol. The number of hydrogen-bond acceptors (Lipinski definition) is 3. The molecule has 1 N–H and O–H groups in total. The Balaban J connectivity index is 1.80. The standard InChI is InChI=1S/C15H31N3/c1-4-15(5-2,12-16-3)13-17-8-10-18(11-9-17)14-6-7-14/h14,16H,4-13H2,1-3H3. The van der Waals surface area contributed by atoms with Crippen LogP contribution in [0, 0.1) is 5.41 Å². The Morgan fingerprint density at radius 3 is 2.11 bits per heavy atom. The van der Waals surface area contributed by atoms with E-state index in [0.29, 0.717) is 5.41 Å². The smallest absolute Gasteiger partial charge is 0.0113 e. The van der Waals surface area contributed by atoms with Crippen molar-refractivity contribution in [3.8, 4) is 0 Å². The van der Waals surface area contributed by atoms with Crippen LogP contribution in [0.15, 0.2) is 0 Å². The fourth-order valence-corrected chi connectivity index (χ4v) is 3.36. The molecular formula is C15H31N3. The highest BCUT2D eigenvalue weighted by atomic mass is 15.3. The van der Waals surface area contributed by atoms with Gasteiger partial charge in [0.25, 0.3) is 0 Å². The molecule has 1 heterocycles. The summed E-state index contributed by atoms with van der Waals surface area (Å²) in [6.07, 6.45) is 5.47. The second-order valence-electron chi connectivity index (χ2n) is 6.28. The van der Waals surface area contributed by atoms with Gasteiger partial charge in [0, 0.05) is 45.3 Å². The van der Waals surface area contributed by atoms with Crippen LogP contribution in [-0.4, -0.2) is 62.2 Å². The van der Waals surface area contributed by atoms with E-state index in [-0.39, 0.29) is 0 Å². The van der Waals surface area contributed by atoms with Gasteiger partial charge in [-0.3, -0.25) is 4.90 Å². The van der Waals surface area contributed by atoms with Crippen molar-refractivity contribution in [1.82, 2.24) is 15.1 Å². The van der Waals surface area contributed by atoms with E-state index in [9.17, 15) is 0 Å². The number of hydrogen-bond donors (Lipinski definition) is 1. The van der Waals surface area contributed by atoms with Gasteiger partial charge in [0.05, 0.1) is 0 Å². The maximum atomic E-state index is 3.40. The monoisotopic (exact) mass is 253 g/mol. The Hall–Kier alpha value is -0.120. The molecule has 1 saturated heterocycles. The fraction of sp³-hybridized carbons (Fsp3) is 1.00. The molecule has 0 aromatic carbocycles. The molecule has 3 heteroatoms. The number of piperazine rings is 1. The Kier molecular flexibility index (Phi) is 5.05. The van der Waals surface area contributed by atoms with Gasteiger partial charge in [-0.15, -0.1) is 0 Å². The second kappa shape index (κ2) is 6.36. The van der Waals surface area contributed by atoms with E-state index in [2.05, 4.69) is 36.0 Å². The Morgan fingerprint density at radius 2 is 1.67 bits per heavy atom. The van der Waals surface area contributed by atoms with Gasteiger partial charge in [0.1, 0.15) is 0 Å². The molecule has 0 aromatic heterocycles. The molecule has 18 heavy (non-hydrogen) atoms.